The fraction of sp³-hybridized carbons (Fsp3) is 0.241. The number of benzene rings is 3. The monoisotopic (exact) mass is 485 g/mol. The summed E-state index contributed by atoms with van der Waals surface area (Å²) < 4.78 is 10.5. The van der Waals surface area contributed by atoms with E-state index >= 15 is 0 Å². The molecule has 0 unspecified atom stereocenters. The molecule has 0 saturated carbocycles. The smallest absolute Gasteiger partial charge is 0.338 e. The Morgan fingerprint density at radius 2 is 1.56 bits per heavy atom. The quantitative estimate of drug-likeness (QED) is 0.366. The van der Waals surface area contributed by atoms with E-state index in [0.29, 0.717) is 5.56 Å². The van der Waals surface area contributed by atoms with Gasteiger partial charge in [0.1, 0.15) is 12.4 Å². The Hall–Kier alpha value is -3.94. The Labute approximate surface area is 211 Å². The third-order valence-corrected chi connectivity index (χ3v) is 5.99. The summed E-state index contributed by atoms with van der Waals surface area (Å²) >= 11 is 0. The second kappa shape index (κ2) is 12.7. The number of nitrogens with one attached hydrogen (secondary N) is 1. The maximum atomic E-state index is 12.4. The van der Waals surface area contributed by atoms with Gasteiger partial charge < -0.3 is 9.47 Å². The lowest BCUT2D eigenvalue weighted by Gasteiger charge is -2.34. The Kier molecular flexibility index (Phi) is 8.86. The van der Waals surface area contributed by atoms with Gasteiger partial charge in [-0.3, -0.25) is 15.1 Å². The number of carbonyl (C=O) groups excluding carboxylic acids is 2. The molecule has 4 rings (SSSR count). The van der Waals surface area contributed by atoms with Crippen LogP contribution in [0.3, 0.4) is 0 Å². The molecule has 0 bridgehead atoms. The van der Waals surface area contributed by atoms with Crippen molar-refractivity contribution < 1.29 is 19.1 Å². The van der Waals surface area contributed by atoms with Gasteiger partial charge in [0.2, 0.25) is 0 Å². The number of nitrogens with zero attached hydrogens (tertiary/aromatic N) is 2. The molecule has 0 aliphatic carbocycles. The fourth-order valence-corrected chi connectivity index (χ4v) is 3.91. The van der Waals surface area contributed by atoms with Crippen LogP contribution in [-0.4, -0.2) is 55.1 Å². The van der Waals surface area contributed by atoms with E-state index in [-0.39, 0.29) is 12.5 Å². The number of hydrogen-bond donors (Lipinski definition) is 1. The highest BCUT2D eigenvalue weighted by molar-refractivity contribution is 5.92. The number of esters is 1. The van der Waals surface area contributed by atoms with Gasteiger partial charge in [-0.25, -0.2) is 9.80 Å². The maximum absolute atomic E-state index is 12.4. The van der Waals surface area contributed by atoms with Gasteiger partial charge in [0, 0.05) is 38.8 Å². The van der Waals surface area contributed by atoms with Crippen LogP contribution in [-0.2, 0) is 22.7 Å². The van der Waals surface area contributed by atoms with Gasteiger partial charge in [-0.2, -0.15) is 0 Å². The van der Waals surface area contributed by atoms with Gasteiger partial charge in [-0.15, -0.1) is 0 Å². The largest absolute Gasteiger partial charge is 0.497 e. The lowest BCUT2D eigenvalue weighted by Crippen LogP contribution is -2.52. The molecule has 186 valence electrons. The van der Waals surface area contributed by atoms with Crippen molar-refractivity contribution in [3.05, 3.63) is 107 Å². The van der Waals surface area contributed by atoms with Crippen molar-refractivity contribution in [2.24, 2.45) is 0 Å². The summed E-state index contributed by atoms with van der Waals surface area (Å²) in [5.74, 6) is 0.184. The van der Waals surface area contributed by atoms with Gasteiger partial charge in [0.05, 0.1) is 12.7 Å². The van der Waals surface area contributed by atoms with Crippen molar-refractivity contribution in [2.75, 3.05) is 33.3 Å². The number of carbonyl (C=O) groups is 2. The SMILES string of the molecule is COc1ccc(COC(=O)c2ccc(C=CC(=O)NN3CCN(Cc4ccccc4)CC3)cc2)cc1. The molecule has 1 fully saturated rings. The van der Waals surface area contributed by atoms with Crippen molar-refractivity contribution in [3.8, 4) is 5.75 Å². The minimum Gasteiger partial charge on any atom is -0.497 e. The Balaban J connectivity index is 1.19. The first kappa shape index (κ1) is 25.2. The van der Waals surface area contributed by atoms with E-state index in [1.54, 1.807) is 37.5 Å². The number of ether oxygens (including phenoxy) is 2. The first-order valence-electron chi connectivity index (χ1n) is 12.0. The van der Waals surface area contributed by atoms with Crippen LogP contribution in [0.5, 0.6) is 5.75 Å². The van der Waals surface area contributed by atoms with E-state index in [4.69, 9.17) is 9.47 Å². The third kappa shape index (κ3) is 7.53. The number of amides is 1. The summed E-state index contributed by atoms with van der Waals surface area (Å²) in [5, 5.41) is 1.95. The molecule has 7 nitrogen and oxygen atoms in total. The highest BCUT2D eigenvalue weighted by Crippen LogP contribution is 2.14. The molecule has 1 N–H and O–H groups in total. The fourth-order valence-electron chi connectivity index (χ4n) is 3.91. The average molecular weight is 486 g/mol. The predicted octanol–water partition coefficient (Wildman–Crippen LogP) is 3.91. The summed E-state index contributed by atoms with van der Waals surface area (Å²) in [6.45, 7) is 4.46. The lowest BCUT2D eigenvalue weighted by atomic mass is 10.1. The Morgan fingerprint density at radius 3 is 2.22 bits per heavy atom. The van der Waals surface area contributed by atoms with Gasteiger partial charge in [0.15, 0.2) is 0 Å². The molecule has 1 saturated heterocycles. The molecular formula is C29H31N3O4. The predicted molar refractivity (Wildman–Crippen MR) is 139 cm³/mol. The van der Waals surface area contributed by atoms with Crippen LogP contribution in [0.2, 0.25) is 0 Å². The molecule has 0 radical (unpaired) electrons. The molecule has 1 aliphatic rings. The standard InChI is InChI=1S/C29H31N3O4/c1-35-27-14-9-25(10-15-27)22-36-29(34)26-12-7-23(8-13-26)11-16-28(33)30-32-19-17-31(18-20-32)21-24-5-3-2-4-6-24/h2-16H,17-22H2,1H3,(H,30,33). The summed E-state index contributed by atoms with van der Waals surface area (Å²) in [6.07, 6.45) is 3.24. The van der Waals surface area contributed by atoms with Crippen molar-refractivity contribution >= 4 is 18.0 Å². The van der Waals surface area contributed by atoms with Crippen LogP contribution in [0, 0.1) is 0 Å². The minimum atomic E-state index is -0.398. The zero-order chi connectivity index (χ0) is 25.2. The van der Waals surface area contributed by atoms with Crippen LogP contribution in [0.1, 0.15) is 27.0 Å². The van der Waals surface area contributed by atoms with E-state index in [1.165, 1.54) is 11.6 Å². The lowest BCUT2D eigenvalue weighted by molar-refractivity contribution is -0.121. The molecule has 3 aromatic rings. The molecule has 7 heteroatoms. The van der Waals surface area contributed by atoms with Gasteiger partial charge in [-0.1, -0.05) is 54.6 Å². The molecular weight excluding hydrogens is 454 g/mol. The molecule has 1 aliphatic heterocycles. The molecule has 1 heterocycles. The normalized spacial score (nSPS) is 14.5. The summed E-state index contributed by atoms with van der Waals surface area (Å²) in [6, 6.07) is 24.7. The van der Waals surface area contributed by atoms with E-state index in [9.17, 15) is 9.59 Å². The highest BCUT2D eigenvalue weighted by Gasteiger charge is 2.17. The Bertz CT molecular complexity index is 1150. The van der Waals surface area contributed by atoms with Crippen LogP contribution in [0.25, 0.3) is 6.08 Å². The summed E-state index contributed by atoms with van der Waals surface area (Å²) in [7, 11) is 1.61. The van der Waals surface area contributed by atoms with Crippen LogP contribution < -0.4 is 10.2 Å². The third-order valence-electron chi connectivity index (χ3n) is 5.99. The molecule has 0 atom stereocenters. The summed E-state index contributed by atoms with van der Waals surface area (Å²) in [4.78, 5) is 27.1. The van der Waals surface area contributed by atoms with Gasteiger partial charge in [-0.05, 0) is 47.0 Å². The molecule has 3 aromatic carbocycles. The van der Waals surface area contributed by atoms with Crippen molar-refractivity contribution in [2.45, 2.75) is 13.2 Å². The average Bonchev–Trinajstić information content (AvgIpc) is 2.93. The summed E-state index contributed by atoms with van der Waals surface area (Å²) in [5.41, 5.74) is 6.40. The van der Waals surface area contributed by atoms with E-state index in [0.717, 1.165) is 49.6 Å². The zero-order valence-electron chi connectivity index (χ0n) is 20.4. The number of rotatable bonds is 9. The zero-order valence-corrected chi connectivity index (χ0v) is 20.4. The molecule has 1 amide bonds. The van der Waals surface area contributed by atoms with E-state index in [1.807, 2.05) is 35.3 Å². The molecule has 0 spiro atoms. The second-order valence-corrected chi connectivity index (χ2v) is 8.60. The Morgan fingerprint density at radius 1 is 0.861 bits per heavy atom. The second-order valence-electron chi connectivity index (χ2n) is 8.60. The van der Waals surface area contributed by atoms with Crippen molar-refractivity contribution in [1.29, 1.82) is 0 Å². The molecule has 0 aromatic heterocycles. The van der Waals surface area contributed by atoms with Gasteiger partial charge in [0.25, 0.3) is 5.91 Å². The van der Waals surface area contributed by atoms with Crippen LogP contribution in [0.4, 0.5) is 0 Å². The highest BCUT2D eigenvalue weighted by atomic mass is 16.5. The molecule has 36 heavy (non-hydrogen) atoms. The number of hydrogen-bond acceptors (Lipinski definition) is 6. The number of piperazine rings is 1. The van der Waals surface area contributed by atoms with E-state index in [2.05, 4.69) is 34.6 Å². The van der Waals surface area contributed by atoms with Crippen molar-refractivity contribution in [3.63, 3.8) is 0 Å². The van der Waals surface area contributed by atoms with Gasteiger partial charge >= 0.3 is 5.97 Å². The van der Waals surface area contributed by atoms with Crippen LogP contribution >= 0.6 is 0 Å². The van der Waals surface area contributed by atoms with E-state index < -0.39 is 5.97 Å². The topological polar surface area (TPSA) is 71.1 Å². The number of hydrazine groups is 1. The maximum Gasteiger partial charge on any atom is 0.338 e. The van der Waals surface area contributed by atoms with Crippen molar-refractivity contribution in [1.82, 2.24) is 15.3 Å². The first-order chi connectivity index (χ1) is 17.6. The first-order valence-corrected chi connectivity index (χ1v) is 12.0. The number of methoxy groups -OCH3 is 1. The van der Waals surface area contributed by atoms with Crippen LogP contribution in [0.15, 0.2) is 84.9 Å². The minimum absolute atomic E-state index is 0.172.